The van der Waals surface area contributed by atoms with Crippen LogP contribution in [0.2, 0.25) is 0 Å². The van der Waals surface area contributed by atoms with Crippen molar-refractivity contribution in [1.82, 2.24) is 19.8 Å². The molecule has 1 fully saturated rings. The molecule has 3 aromatic rings. The van der Waals surface area contributed by atoms with E-state index in [0.717, 1.165) is 62.3 Å². The Morgan fingerprint density at radius 1 is 1.12 bits per heavy atom. The number of hydroxylamine groups is 1. The van der Waals surface area contributed by atoms with Gasteiger partial charge in [-0.2, -0.15) is 0 Å². The first-order valence-electron chi connectivity index (χ1n) is 11.7. The number of nitrogens with zero attached hydrogens (tertiary/aromatic N) is 3. The second kappa shape index (κ2) is 9.29. The van der Waals surface area contributed by atoms with E-state index in [4.69, 9.17) is 5.21 Å². The van der Waals surface area contributed by atoms with E-state index >= 15 is 0 Å². The van der Waals surface area contributed by atoms with Gasteiger partial charge in [0.05, 0.1) is 0 Å². The van der Waals surface area contributed by atoms with Crippen LogP contribution in [-0.4, -0.2) is 71.0 Å². The molecule has 1 aliphatic carbocycles. The molecule has 8 heteroatoms. The Morgan fingerprint density at radius 2 is 1.85 bits per heavy atom. The van der Waals surface area contributed by atoms with Crippen LogP contribution in [0.1, 0.15) is 38.4 Å². The number of amides is 1. The van der Waals surface area contributed by atoms with Crippen molar-refractivity contribution in [2.45, 2.75) is 19.4 Å². The Balaban J connectivity index is 1.46. The Morgan fingerprint density at radius 3 is 2.56 bits per heavy atom. The van der Waals surface area contributed by atoms with Gasteiger partial charge in [0, 0.05) is 72.9 Å². The van der Waals surface area contributed by atoms with Crippen LogP contribution in [0, 0.1) is 11.7 Å². The van der Waals surface area contributed by atoms with Crippen LogP contribution in [0.5, 0.6) is 0 Å². The van der Waals surface area contributed by atoms with Gasteiger partial charge in [0.1, 0.15) is 5.82 Å². The zero-order valence-corrected chi connectivity index (χ0v) is 19.3. The monoisotopic (exact) mass is 464 g/mol. The first kappa shape index (κ1) is 22.7. The van der Waals surface area contributed by atoms with Gasteiger partial charge in [-0.3, -0.25) is 14.8 Å². The molecule has 1 saturated heterocycles. The summed E-state index contributed by atoms with van der Waals surface area (Å²) >= 11 is 0. The highest BCUT2D eigenvalue weighted by atomic mass is 19.1. The zero-order valence-electron chi connectivity index (χ0n) is 19.3. The molecule has 0 bridgehead atoms. The first-order chi connectivity index (χ1) is 16.4. The van der Waals surface area contributed by atoms with Crippen molar-refractivity contribution < 1.29 is 19.2 Å². The van der Waals surface area contributed by atoms with E-state index in [1.807, 2.05) is 12.1 Å². The van der Waals surface area contributed by atoms with Gasteiger partial charge in [0.15, 0.2) is 5.78 Å². The van der Waals surface area contributed by atoms with Crippen molar-refractivity contribution in [2.24, 2.45) is 5.92 Å². The lowest BCUT2D eigenvalue weighted by molar-refractivity contribution is 0.0706. The second-order valence-electron chi connectivity index (χ2n) is 9.41. The molecule has 1 atom stereocenters. The van der Waals surface area contributed by atoms with Crippen LogP contribution in [0.3, 0.4) is 0 Å². The lowest BCUT2D eigenvalue weighted by atomic mass is 9.84. The van der Waals surface area contributed by atoms with E-state index in [2.05, 4.69) is 21.4 Å². The summed E-state index contributed by atoms with van der Waals surface area (Å²) in [5, 5.41) is 9.51. The average molecular weight is 465 g/mol. The molecule has 2 aromatic carbocycles. The molecule has 2 N–H and O–H groups in total. The topological polar surface area (TPSA) is 77.8 Å². The summed E-state index contributed by atoms with van der Waals surface area (Å²) in [6, 6.07) is 11.6. The van der Waals surface area contributed by atoms with E-state index < -0.39 is 5.91 Å². The molecule has 7 nitrogen and oxygen atoms in total. The molecule has 1 aromatic heterocycles. The number of ketones is 1. The molecule has 1 aliphatic heterocycles. The number of nitrogens with one attached hydrogen (secondary N) is 1. The Bertz CT molecular complexity index is 1230. The molecule has 0 spiro atoms. The number of hydrogen-bond acceptors (Lipinski definition) is 5. The van der Waals surface area contributed by atoms with Gasteiger partial charge in [-0.25, -0.2) is 9.87 Å². The summed E-state index contributed by atoms with van der Waals surface area (Å²) in [5.74, 6) is -0.873. The number of fused-ring (bicyclic) bond motifs is 3. The van der Waals surface area contributed by atoms with Crippen LogP contribution >= 0.6 is 0 Å². The normalized spacial score (nSPS) is 19.4. The molecule has 178 valence electrons. The van der Waals surface area contributed by atoms with Crippen LogP contribution in [-0.2, 0) is 13.0 Å². The van der Waals surface area contributed by atoms with Gasteiger partial charge in [-0.15, -0.1) is 0 Å². The molecule has 0 radical (unpaired) electrons. The predicted molar refractivity (Wildman–Crippen MR) is 127 cm³/mol. The molecule has 1 amide bonds. The number of aromatic nitrogens is 1. The quantitative estimate of drug-likeness (QED) is 0.449. The summed E-state index contributed by atoms with van der Waals surface area (Å²) < 4.78 is 16.3. The van der Waals surface area contributed by atoms with E-state index in [9.17, 15) is 14.0 Å². The number of likely N-dealkylation sites (N-methyl/N-ethyl adjacent to an activating group) is 1. The maximum atomic E-state index is 14.2. The van der Waals surface area contributed by atoms with Crippen LogP contribution in [0.15, 0.2) is 42.5 Å². The Hall–Kier alpha value is -3.07. The van der Waals surface area contributed by atoms with Crippen molar-refractivity contribution in [3.8, 4) is 0 Å². The molecule has 1 unspecified atom stereocenters. The fourth-order valence-electron chi connectivity index (χ4n) is 5.27. The maximum absolute atomic E-state index is 14.2. The van der Waals surface area contributed by atoms with Crippen molar-refractivity contribution in [1.29, 1.82) is 0 Å². The van der Waals surface area contributed by atoms with Gasteiger partial charge in [-0.05, 0) is 55.8 Å². The number of hydrogen-bond donors (Lipinski definition) is 2. The maximum Gasteiger partial charge on any atom is 0.274 e. The van der Waals surface area contributed by atoms with Crippen molar-refractivity contribution >= 4 is 22.6 Å². The second-order valence-corrected chi connectivity index (χ2v) is 9.41. The lowest BCUT2D eigenvalue weighted by Gasteiger charge is -2.35. The molecular weight excluding hydrogens is 435 g/mol. The lowest BCUT2D eigenvalue weighted by Crippen LogP contribution is -2.47. The number of carbonyl (C=O) groups is 2. The van der Waals surface area contributed by atoms with E-state index in [-0.39, 0.29) is 17.5 Å². The number of Topliss-reactive ketones (excluding diaryl/α,β-unsaturated/α-hetero) is 1. The molecule has 34 heavy (non-hydrogen) atoms. The van der Waals surface area contributed by atoms with Gasteiger partial charge in [0.25, 0.3) is 5.91 Å². The first-order valence-corrected chi connectivity index (χ1v) is 11.7. The molecule has 2 heterocycles. The average Bonchev–Trinajstić information content (AvgIpc) is 3.15. The minimum Gasteiger partial charge on any atom is -0.339 e. The fourth-order valence-corrected chi connectivity index (χ4v) is 5.27. The largest absolute Gasteiger partial charge is 0.339 e. The summed E-state index contributed by atoms with van der Waals surface area (Å²) in [6.45, 7) is 5.21. The minimum absolute atomic E-state index is 0.0745. The van der Waals surface area contributed by atoms with Crippen LogP contribution in [0.25, 0.3) is 10.9 Å². The van der Waals surface area contributed by atoms with Crippen molar-refractivity contribution in [3.05, 3.63) is 70.7 Å². The zero-order chi connectivity index (χ0) is 23.8. The third-order valence-electron chi connectivity index (χ3n) is 7.21. The molecule has 2 aliphatic rings. The van der Waals surface area contributed by atoms with E-state index in [0.29, 0.717) is 23.1 Å². The standard InChI is InChI=1S/C26H29FN4O3/c1-29-10-12-30(13-11-29)16-19-6-8-23-24(25(19)32)21-14-20(27)7-9-22(21)31(23)15-17-2-4-18(5-3-17)26(33)28-34/h2-5,7,9,14,19,34H,6,8,10-13,15-16H2,1H3,(H,28,33). The SMILES string of the molecule is CN1CCN(CC2CCc3c(c4cc(F)ccc4n3Cc3ccc(C(=O)NO)cc3)C2=O)CC1. The number of halogens is 1. The number of carbonyl (C=O) groups excluding carboxylic acids is 2. The summed E-state index contributed by atoms with van der Waals surface area (Å²) in [4.78, 5) is 30.0. The summed E-state index contributed by atoms with van der Waals surface area (Å²) in [6.07, 6.45) is 1.55. The van der Waals surface area contributed by atoms with Crippen molar-refractivity contribution in [2.75, 3.05) is 39.8 Å². The predicted octanol–water partition coefficient (Wildman–Crippen LogP) is 2.94. The van der Waals surface area contributed by atoms with Crippen LogP contribution < -0.4 is 5.48 Å². The van der Waals surface area contributed by atoms with Gasteiger partial charge in [-0.1, -0.05) is 12.1 Å². The number of rotatable bonds is 5. The van der Waals surface area contributed by atoms with Gasteiger partial charge in [0.2, 0.25) is 0 Å². The van der Waals surface area contributed by atoms with Crippen LogP contribution in [0.4, 0.5) is 4.39 Å². The number of benzene rings is 2. The third kappa shape index (κ3) is 4.24. The summed E-state index contributed by atoms with van der Waals surface area (Å²) in [5.41, 5.74) is 5.40. The van der Waals surface area contributed by atoms with Gasteiger partial charge < -0.3 is 14.4 Å². The molecular formula is C26H29FN4O3. The molecule has 0 saturated carbocycles. The highest BCUT2D eigenvalue weighted by molar-refractivity contribution is 6.11. The highest BCUT2D eigenvalue weighted by Gasteiger charge is 2.34. The van der Waals surface area contributed by atoms with Crippen molar-refractivity contribution in [3.63, 3.8) is 0 Å². The molecule has 5 rings (SSSR count). The minimum atomic E-state index is -0.567. The Kier molecular flexibility index (Phi) is 6.20. The smallest absolute Gasteiger partial charge is 0.274 e. The van der Waals surface area contributed by atoms with Gasteiger partial charge >= 0.3 is 0 Å². The van der Waals surface area contributed by atoms with E-state index in [1.165, 1.54) is 12.1 Å². The summed E-state index contributed by atoms with van der Waals surface area (Å²) in [7, 11) is 2.12. The fraction of sp³-hybridized carbons (Fsp3) is 0.385. The number of piperazine rings is 1. The van der Waals surface area contributed by atoms with E-state index in [1.54, 1.807) is 23.7 Å². The third-order valence-corrected chi connectivity index (χ3v) is 7.21. The Labute approximate surface area is 197 Å². The highest BCUT2D eigenvalue weighted by Crippen LogP contribution is 2.36.